The van der Waals surface area contributed by atoms with Crippen molar-refractivity contribution < 1.29 is 31.9 Å². The molecule has 9 nitrogen and oxygen atoms in total. The topological polar surface area (TPSA) is 108 Å². The molecule has 3 amide bonds. The maximum Gasteiger partial charge on any atom is 0.418 e. The summed E-state index contributed by atoms with van der Waals surface area (Å²) >= 11 is 0. The highest BCUT2D eigenvalue weighted by Gasteiger charge is 2.35. The van der Waals surface area contributed by atoms with Crippen molar-refractivity contribution in [3.8, 4) is 11.5 Å². The lowest BCUT2D eigenvalue weighted by molar-refractivity contribution is -0.137. The van der Waals surface area contributed by atoms with Crippen molar-refractivity contribution in [1.82, 2.24) is 9.88 Å². The lowest BCUT2D eigenvalue weighted by Crippen LogP contribution is -2.37. The summed E-state index contributed by atoms with van der Waals surface area (Å²) in [4.78, 5) is 30.7. The lowest BCUT2D eigenvalue weighted by Gasteiger charge is -2.31. The Morgan fingerprint density at radius 3 is 2.29 bits per heavy atom. The van der Waals surface area contributed by atoms with Crippen LogP contribution in [0.5, 0.6) is 11.5 Å². The van der Waals surface area contributed by atoms with Crippen LogP contribution in [0, 0.1) is 11.7 Å². The fraction of sp³-hybridized carbons (Fsp3) is 0.345. The summed E-state index contributed by atoms with van der Waals surface area (Å²) in [7, 11) is 1.97. The molecule has 2 aromatic carbocycles. The molecule has 0 spiro atoms. The largest absolute Gasteiger partial charge is 0.454 e. The van der Waals surface area contributed by atoms with Gasteiger partial charge in [0.15, 0.2) is 11.6 Å². The first-order chi connectivity index (χ1) is 20.0. The fourth-order valence-corrected chi connectivity index (χ4v) is 4.55. The first kappa shape index (κ1) is 29.1. The molecule has 5 rings (SSSR count). The number of nitrogens with one attached hydrogen (secondary N) is 4. The van der Waals surface area contributed by atoms with E-state index in [2.05, 4.69) is 31.2 Å². The van der Waals surface area contributed by atoms with E-state index in [1.54, 1.807) is 0 Å². The van der Waals surface area contributed by atoms with Crippen molar-refractivity contribution >= 4 is 34.8 Å². The summed E-state index contributed by atoms with van der Waals surface area (Å²) in [6.07, 6.45) is -0.111. The number of piperidine rings is 1. The van der Waals surface area contributed by atoms with E-state index in [1.165, 1.54) is 42.6 Å². The molecule has 1 saturated carbocycles. The fourth-order valence-electron chi connectivity index (χ4n) is 4.55. The van der Waals surface area contributed by atoms with Crippen molar-refractivity contribution in [3.05, 3.63) is 66.1 Å². The number of carbonyl (C=O) groups is 2. The molecule has 13 heteroatoms. The van der Waals surface area contributed by atoms with Gasteiger partial charge in [-0.2, -0.15) is 13.2 Å². The quantitative estimate of drug-likeness (QED) is 0.224. The van der Waals surface area contributed by atoms with Crippen molar-refractivity contribution in [2.75, 3.05) is 41.4 Å². The number of hydrogen-bond acceptors (Lipinski definition) is 6. The van der Waals surface area contributed by atoms with Gasteiger partial charge >= 0.3 is 12.2 Å². The molecule has 0 atom stereocenters. The Morgan fingerprint density at radius 1 is 0.929 bits per heavy atom. The second kappa shape index (κ2) is 12.2. The molecule has 1 saturated heterocycles. The van der Waals surface area contributed by atoms with Gasteiger partial charge in [0.05, 0.1) is 5.56 Å². The summed E-state index contributed by atoms with van der Waals surface area (Å²) in [6.45, 7) is 1.58. The number of carbonyl (C=O) groups excluding carboxylic acids is 2. The van der Waals surface area contributed by atoms with Crippen molar-refractivity contribution in [2.45, 2.75) is 37.9 Å². The predicted octanol–water partition coefficient (Wildman–Crippen LogP) is 6.53. The number of urea groups is 1. The molecule has 2 aliphatic rings. The molecule has 1 aromatic heterocycles. The smallest absolute Gasteiger partial charge is 0.418 e. The van der Waals surface area contributed by atoms with E-state index in [0.29, 0.717) is 0 Å². The lowest BCUT2D eigenvalue weighted by atomic mass is 10.0. The summed E-state index contributed by atoms with van der Waals surface area (Å²) in [5.41, 5.74) is -0.956. The van der Waals surface area contributed by atoms with E-state index in [0.717, 1.165) is 50.9 Å². The van der Waals surface area contributed by atoms with Crippen LogP contribution in [0.15, 0.2) is 54.7 Å². The van der Waals surface area contributed by atoms with Gasteiger partial charge in [0.25, 0.3) is 0 Å². The van der Waals surface area contributed by atoms with Gasteiger partial charge in [-0.05, 0) is 82.2 Å². The molecule has 1 aliphatic carbocycles. The standard InChI is InChI=1S/C29H30F4N6O3/c1-39-12-9-18(10-13-39)35-24-6-4-19(14-22(24)29(31,32)33)36-28(41)37-20-5-7-25(23(30)15-20)42-21-8-11-34-26(16-21)38-27(40)17-2-3-17/h4-8,11,14-18,35H,2-3,9-10,12-13H2,1H3,(H,34,38,40)(H2,36,37,41). The van der Waals surface area contributed by atoms with Crippen LogP contribution in [0.2, 0.25) is 0 Å². The van der Waals surface area contributed by atoms with Crippen LogP contribution in [-0.4, -0.2) is 48.0 Å². The van der Waals surface area contributed by atoms with Crippen molar-refractivity contribution in [1.29, 1.82) is 0 Å². The van der Waals surface area contributed by atoms with Gasteiger partial charge in [0.2, 0.25) is 5.91 Å². The number of pyridine rings is 1. The zero-order valence-electron chi connectivity index (χ0n) is 22.7. The zero-order chi connectivity index (χ0) is 29.9. The summed E-state index contributed by atoms with van der Waals surface area (Å²) in [5.74, 6) is -0.565. The van der Waals surface area contributed by atoms with Crippen LogP contribution in [-0.2, 0) is 11.0 Å². The number of anilines is 4. The third kappa shape index (κ3) is 7.66. The molecule has 222 valence electrons. The Bertz CT molecular complexity index is 1460. The molecule has 1 aliphatic heterocycles. The first-order valence-corrected chi connectivity index (χ1v) is 13.5. The second-order valence-corrected chi connectivity index (χ2v) is 10.4. The van der Waals surface area contributed by atoms with E-state index in [-0.39, 0.29) is 52.2 Å². The molecular formula is C29H30F4N6O3. The van der Waals surface area contributed by atoms with Crippen LogP contribution >= 0.6 is 0 Å². The number of ether oxygens (including phenoxy) is 1. The zero-order valence-corrected chi connectivity index (χ0v) is 22.7. The number of halogens is 4. The van der Waals surface area contributed by atoms with Crippen LogP contribution < -0.4 is 26.0 Å². The van der Waals surface area contributed by atoms with Gasteiger partial charge in [0, 0.05) is 47.4 Å². The minimum atomic E-state index is -4.64. The van der Waals surface area contributed by atoms with Gasteiger partial charge in [-0.1, -0.05) is 0 Å². The second-order valence-electron chi connectivity index (χ2n) is 10.4. The number of amides is 3. The van der Waals surface area contributed by atoms with Crippen LogP contribution in [0.25, 0.3) is 0 Å². The Hall–Kier alpha value is -4.39. The maximum atomic E-state index is 14.8. The Labute approximate surface area is 239 Å². The van der Waals surface area contributed by atoms with Gasteiger partial charge in [-0.15, -0.1) is 0 Å². The van der Waals surface area contributed by atoms with Crippen LogP contribution in [0.3, 0.4) is 0 Å². The first-order valence-electron chi connectivity index (χ1n) is 13.5. The van der Waals surface area contributed by atoms with E-state index in [1.807, 2.05) is 7.05 Å². The van der Waals surface area contributed by atoms with Crippen molar-refractivity contribution in [2.24, 2.45) is 5.92 Å². The molecule has 0 bridgehead atoms. The third-order valence-electron chi connectivity index (χ3n) is 7.01. The van der Waals surface area contributed by atoms with Gasteiger partial charge in [-0.3, -0.25) is 4.79 Å². The average molecular weight is 587 g/mol. The molecule has 3 aromatic rings. The third-order valence-corrected chi connectivity index (χ3v) is 7.01. The minimum absolute atomic E-state index is 0.0110. The minimum Gasteiger partial charge on any atom is -0.454 e. The Kier molecular flexibility index (Phi) is 8.48. The Balaban J connectivity index is 1.20. The number of nitrogens with zero attached hydrogens (tertiary/aromatic N) is 2. The van der Waals surface area contributed by atoms with Crippen molar-refractivity contribution in [3.63, 3.8) is 0 Å². The molecule has 4 N–H and O–H groups in total. The highest BCUT2D eigenvalue weighted by Crippen LogP contribution is 2.37. The van der Waals surface area contributed by atoms with Gasteiger partial charge in [0.1, 0.15) is 11.6 Å². The number of rotatable bonds is 8. The molecule has 2 heterocycles. The van der Waals surface area contributed by atoms with E-state index < -0.39 is 23.6 Å². The SMILES string of the molecule is CN1CCC(Nc2ccc(NC(=O)Nc3ccc(Oc4ccnc(NC(=O)C5CC5)c4)c(F)c3)cc2C(F)(F)F)CC1. The number of hydrogen-bond donors (Lipinski definition) is 4. The molecule has 0 radical (unpaired) electrons. The monoisotopic (exact) mass is 586 g/mol. The van der Waals surface area contributed by atoms with Crippen LogP contribution in [0.1, 0.15) is 31.2 Å². The molecular weight excluding hydrogens is 556 g/mol. The van der Waals surface area contributed by atoms with Gasteiger partial charge in [-0.25, -0.2) is 14.2 Å². The van der Waals surface area contributed by atoms with E-state index in [9.17, 15) is 27.2 Å². The normalized spacial score (nSPS) is 16.0. The number of alkyl halides is 3. The van der Waals surface area contributed by atoms with E-state index in [4.69, 9.17) is 4.74 Å². The summed E-state index contributed by atoms with van der Waals surface area (Å²) in [5, 5.41) is 10.5. The predicted molar refractivity (Wildman–Crippen MR) is 150 cm³/mol. The maximum absolute atomic E-state index is 14.8. The number of aromatic nitrogens is 1. The Morgan fingerprint density at radius 2 is 1.62 bits per heavy atom. The summed E-state index contributed by atoms with van der Waals surface area (Å²) in [6, 6.07) is 9.25. The number of likely N-dealkylation sites (tertiary alicyclic amines) is 1. The molecule has 42 heavy (non-hydrogen) atoms. The van der Waals surface area contributed by atoms with E-state index >= 15 is 0 Å². The average Bonchev–Trinajstić information content (AvgIpc) is 3.78. The van der Waals surface area contributed by atoms with Gasteiger partial charge < -0.3 is 30.9 Å². The molecule has 2 fully saturated rings. The highest BCUT2D eigenvalue weighted by atomic mass is 19.4. The number of benzene rings is 2. The van der Waals surface area contributed by atoms with Crippen LogP contribution in [0.4, 0.5) is 45.2 Å². The summed E-state index contributed by atoms with van der Waals surface area (Å²) < 4.78 is 61.8. The molecule has 0 unspecified atom stereocenters. The highest BCUT2D eigenvalue weighted by molar-refractivity contribution is 6.00.